The summed E-state index contributed by atoms with van der Waals surface area (Å²) in [6.07, 6.45) is 0. The van der Waals surface area contributed by atoms with Gasteiger partial charge in [0.05, 0.1) is 0 Å². The van der Waals surface area contributed by atoms with Crippen molar-refractivity contribution in [2.45, 2.75) is 13.8 Å². The highest BCUT2D eigenvalue weighted by atomic mass is 32.1. The van der Waals surface area contributed by atoms with Gasteiger partial charge in [0.25, 0.3) is 0 Å². The van der Waals surface area contributed by atoms with E-state index in [2.05, 4.69) is 98.8 Å². The molecule has 0 amide bonds. The van der Waals surface area contributed by atoms with Gasteiger partial charge in [-0.15, -0.1) is 22.7 Å². The average molecular weight is 445 g/mol. The van der Waals surface area contributed by atoms with Crippen LogP contribution in [0.15, 0.2) is 84.9 Å². The molecule has 0 spiro atoms. The Labute approximate surface area is 195 Å². The van der Waals surface area contributed by atoms with E-state index in [0.717, 1.165) is 0 Å². The summed E-state index contributed by atoms with van der Waals surface area (Å²) < 4.78 is 0. The summed E-state index contributed by atoms with van der Waals surface area (Å²) in [6, 6.07) is 31.7. The minimum Gasteiger partial charge on any atom is -0.141 e. The van der Waals surface area contributed by atoms with Crippen molar-refractivity contribution in [2.75, 3.05) is 0 Å². The number of hydrogen-bond acceptors (Lipinski definition) is 2. The van der Waals surface area contributed by atoms with Crippen LogP contribution in [0.1, 0.15) is 9.75 Å². The van der Waals surface area contributed by atoms with Gasteiger partial charge in [0.2, 0.25) is 0 Å². The van der Waals surface area contributed by atoms with Crippen LogP contribution in [0.4, 0.5) is 0 Å². The molecule has 152 valence electrons. The van der Waals surface area contributed by atoms with Gasteiger partial charge < -0.3 is 0 Å². The molecule has 0 saturated carbocycles. The van der Waals surface area contributed by atoms with E-state index in [9.17, 15) is 0 Å². The highest BCUT2D eigenvalue weighted by molar-refractivity contribution is 7.16. The largest absolute Gasteiger partial charge is 0.141 e. The molecule has 0 aliphatic heterocycles. The van der Waals surface area contributed by atoms with E-state index in [-0.39, 0.29) is 0 Å². The van der Waals surface area contributed by atoms with Gasteiger partial charge in [-0.3, -0.25) is 0 Å². The topological polar surface area (TPSA) is 0 Å². The summed E-state index contributed by atoms with van der Waals surface area (Å²) in [4.78, 5) is 5.41. The highest BCUT2D eigenvalue weighted by Gasteiger charge is 2.30. The molecule has 0 nitrogen and oxygen atoms in total. The molecule has 0 N–H and O–H groups in total. The monoisotopic (exact) mass is 444 g/mol. The van der Waals surface area contributed by atoms with Crippen molar-refractivity contribution in [2.24, 2.45) is 0 Å². The first kappa shape index (κ1) is 18.4. The lowest BCUT2D eigenvalue weighted by atomic mass is 9.86. The number of fused-ring (bicyclic) bond motifs is 4. The second-order valence-corrected chi connectivity index (χ2v) is 11.2. The quantitative estimate of drug-likeness (QED) is 0.249. The van der Waals surface area contributed by atoms with Gasteiger partial charge in [-0.1, -0.05) is 60.7 Å². The molecule has 2 aromatic heterocycles. The van der Waals surface area contributed by atoms with Crippen molar-refractivity contribution in [3.05, 3.63) is 94.7 Å². The van der Waals surface area contributed by atoms with Crippen LogP contribution in [-0.2, 0) is 0 Å². The zero-order valence-electron chi connectivity index (χ0n) is 17.9. The van der Waals surface area contributed by atoms with Gasteiger partial charge in [0.1, 0.15) is 0 Å². The van der Waals surface area contributed by atoms with E-state index in [1.54, 1.807) is 0 Å². The van der Waals surface area contributed by atoms with E-state index in [1.165, 1.54) is 74.4 Å². The Bertz CT molecular complexity index is 1570. The maximum atomic E-state index is 2.32. The maximum Gasteiger partial charge on any atom is 0.0358 e. The smallest absolute Gasteiger partial charge is 0.0358 e. The fourth-order valence-corrected chi connectivity index (χ4v) is 7.25. The predicted molar refractivity (Wildman–Crippen MR) is 142 cm³/mol. The highest BCUT2D eigenvalue weighted by Crippen LogP contribution is 2.58. The maximum absolute atomic E-state index is 2.32. The van der Waals surface area contributed by atoms with Crippen LogP contribution in [0.3, 0.4) is 0 Å². The zero-order valence-corrected chi connectivity index (χ0v) is 19.5. The Hall–Kier alpha value is -3.20. The Balaban J connectivity index is 1.77. The number of rotatable bonds is 2. The van der Waals surface area contributed by atoms with Crippen molar-refractivity contribution >= 4 is 44.2 Å². The molecule has 6 aromatic rings. The first-order valence-electron chi connectivity index (χ1n) is 11.0. The molecule has 0 radical (unpaired) electrons. The molecule has 1 aliphatic carbocycles. The van der Waals surface area contributed by atoms with Crippen molar-refractivity contribution in [1.29, 1.82) is 0 Å². The Morgan fingerprint density at radius 3 is 1.41 bits per heavy atom. The van der Waals surface area contributed by atoms with Crippen molar-refractivity contribution in [3.8, 4) is 43.1 Å². The van der Waals surface area contributed by atoms with E-state index in [0.29, 0.717) is 0 Å². The van der Waals surface area contributed by atoms with Gasteiger partial charge in [-0.05, 0) is 70.8 Å². The Morgan fingerprint density at radius 1 is 0.469 bits per heavy atom. The molecule has 0 bridgehead atoms. The molecule has 2 heteroatoms. The van der Waals surface area contributed by atoms with Crippen LogP contribution in [0.5, 0.6) is 0 Å². The summed E-state index contributed by atoms with van der Waals surface area (Å²) >= 11 is 3.80. The minimum absolute atomic E-state index is 1.32. The van der Waals surface area contributed by atoms with Gasteiger partial charge in [-0.25, -0.2) is 0 Å². The fraction of sp³-hybridized carbons (Fsp3) is 0.0667. The lowest BCUT2D eigenvalue weighted by Crippen LogP contribution is -1.91. The number of benzene rings is 4. The molecule has 2 heterocycles. The number of thiophene rings is 2. The standard InChI is InChI=1S/C30H20S2/c1-17-13-15-24(31-17)27-20-9-3-4-10-21(20)28(25-16-14-18(2)32-25)30-23-12-6-8-19-7-5-11-22(26(19)23)29(27)30/h3-16H,1-2H3. The molecular weight excluding hydrogens is 424 g/mol. The first-order valence-corrected chi connectivity index (χ1v) is 12.6. The normalized spacial score (nSPS) is 12.1. The summed E-state index contributed by atoms with van der Waals surface area (Å²) in [5.74, 6) is 0. The SMILES string of the molecule is Cc1ccc(-c2c3c(c(-c4ccc(C)s4)c4ccccc24)-c2cccc4cccc-3c24)s1. The van der Waals surface area contributed by atoms with Crippen LogP contribution in [0, 0.1) is 13.8 Å². The third-order valence-electron chi connectivity index (χ3n) is 6.63. The molecular formula is C30H20S2. The third kappa shape index (κ3) is 2.42. The van der Waals surface area contributed by atoms with Crippen LogP contribution in [-0.4, -0.2) is 0 Å². The molecule has 0 fully saturated rings. The van der Waals surface area contributed by atoms with E-state index in [4.69, 9.17) is 0 Å². The van der Waals surface area contributed by atoms with Gasteiger partial charge in [0.15, 0.2) is 0 Å². The van der Waals surface area contributed by atoms with Gasteiger partial charge >= 0.3 is 0 Å². The minimum atomic E-state index is 1.32. The summed E-state index contributed by atoms with van der Waals surface area (Å²) in [6.45, 7) is 4.41. The van der Waals surface area contributed by atoms with Crippen LogP contribution in [0.25, 0.3) is 64.7 Å². The molecule has 4 aromatic carbocycles. The predicted octanol–water partition coefficient (Wildman–Crippen LogP) is 9.71. The van der Waals surface area contributed by atoms with Crippen LogP contribution < -0.4 is 0 Å². The second-order valence-electron chi connectivity index (χ2n) is 8.58. The van der Waals surface area contributed by atoms with E-state index < -0.39 is 0 Å². The van der Waals surface area contributed by atoms with Crippen molar-refractivity contribution in [1.82, 2.24) is 0 Å². The molecule has 0 saturated heterocycles. The second kappa shape index (κ2) is 6.65. The molecule has 7 rings (SSSR count). The first-order chi connectivity index (χ1) is 15.7. The molecule has 1 aliphatic rings. The summed E-state index contributed by atoms with van der Waals surface area (Å²) in [7, 11) is 0. The average Bonchev–Trinajstić information content (AvgIpc) is 3.52. The lowest BCUT2D eigenvalue weighted by Gasteiger charge is -2.18. The van der Waals surface area contributed by atoms with Crippen molar-refractivity contribution < 1.29 is 0 Å². The van der Waals surface area contributed by atoms with Crippen molar-refractivity contribution in [3.63, 3.8) is 0 Å². The zero-order chi connectivity index (χ0) is 21.4. The number of hydrogen-bond donors (Lipinski definition) is 0. The van der Waals surface area contributed by atoms with Crippen LogP contribution >= 0.6 is 22.7 Å². The van der Waals surface area contributed by atoms with Crippen LogP contribution in [0.2, 0.25) is 0 Å². The molecule has 0 unspecified atom stereocenters. The number of aryl methyl sites for hydroxylation is 2. The summed E-state index contributed by atoms with van der Waals surface area (Å²) in [5, 5.41) is 5.41. The van der Waals surface area contributed by atoms with Gasteiger partial charge in [0, 0.05) is 41.8 Å². The van der Waals surface area contributed by atoms with Gasteiger partial charge in [-0.2, -0.15) is 0 Å². The fourth-order valence-electron chi connectivity index (χ4n) is 5.38. The van der Waals surface area contributed by atoms with E-state index in [1.807, 2.05) is 22.7 Å². The lowest BCUT2D eigenvalue weighted by molar-refractivity contribution is 1.64. The molecule has 0 atom stereocenters. The Morgan fingerprint density at radius 2 is 0.969 bits per heavy atom. The molecule has 32 heavy (non-hydrogen) atoms. The third-order valence-corrected chi connectivity index (χ3v) is 8.67. The van der Waals surface area contributed by atoms with E-state index >= 15 is 0 Å². The summed E-state index contributed by atoms with van der Waals surface area (Å²) in [5.41, 5.74) is 8.31. The Kier molecular flexibility index (Phi) is 3.82.